The molecule has 3 aromatic heterocycles. The van der Waals surface area contributed by atoms with Gasteiger partial charge in [-0.05, 0) is 48.9 Å². The van der Waals surface area contributed by atoms with Gasteiger partial charge in [0.1, 0.15) is 5.75 Å². The largest absolute Gasteiger partial charge is 0.471 e. The van der Waals surface area contributed by atoms with Crippen molar-refractivity contribution in [1.82, 2.24) is 25.0 Å². The van der Waals surface area contributed by atoms with Crippen LogP contribution < -0.4 is 10.1 Å². The molecule has 1 amide bonds. The van der Waals surface area contributed by atoms with Crippen molar-refractivity contribution in [2.75, 3.05) is 5.32 Å². The van der Waals surface area contributed by atoms with E-state index < -0.39 is 0 Å². The Morgan fingerprint density at radius 3 is 2.83 bits per heavy atom. The second-order valence-corrected chi connectivity index (χ2v) is 6.69. The number of carbonyl (C=O) groups excluding carboxylic acids is 1. The maximum absolute atomic E-state index is 12.4. The summed E-state index contributed by atoms with van der Waals surface area (Å²) in [5, 5.41) is 14.6. The van der Waals surface area contributed by atoms with E-state index in [1.54, 1.807) is 42.9 Å². The summed E-state index contributed by atoms with van der Waals surface area (Å²) in [7, 11) is 0. The van der Waals surface area contributed by atoms with Crippen molar-refractivity contribution in [2.24, 2.45) is 0 Å². The van der Waals surface area contributed by atoms with Crippen LogP contribution >= 0.6 is 11.6 Å². The highest BCUT2D eigenvalue weighted by molar-refractivity contribution is 6.31. The quantitative estimate of drug-likeness (QED) is 0.504. The average Bonchev–Trinajstić information content (AvgIpc) is 3.39. The van der Waals surface area contributed by atoms with Crippen molar-refractivity contribution in [1.29, 1.82) is 0 Å². The molecule has 8 nitrogen and oxygen atoms in total. The Balaban J connectivity index is 1.37. The number of aromatic amines is 1. The monoisotopic (exact) mass is 408 g/mol. The third-order valence-electron chi connectivity index (χ3n) is 4.18. The van der Waals surface area contributed by atoms with Crippen LogP contribution in [0, 0.1) is 6.92 Å². The molecule has 0 aliphatic rings. The molecular weight excluding hydrogens is 392 g/mol. The van der Waals surface area contributed by atoms with E-state index in [2.05, 4.69) is 25.6 Å². The summed E-state index contributed by atoms with van der Waals surface area (Å²) in [6, 6.07) is 12.5. The zero-order chi connectivity index (χ0) is 20.2. The number of hydrogen-bond acceptors (Lipinski definition) is 5. The van der Waals surface area contributed by atoms with E-state index >= 15 is 0 Å². The number of benzene rings is 1. The topological polar surface area (TPSA) is 97.7 Å². The van der Waals surface area contributed by atoms with Crippen LogP contribution in [-0.4, -0.2) is 30.9 Å². The smallest absolute Gasteiger partial charge is 0.277 e. The number of anilines is 1. The number of ether oxygens (including phenoxy) is 1. The van der Waals surface area contributed by atoms with Crippen LogP contribution in [0.1, 0.15) is 16.1 Å². The van der Waals surface area contributed by atoms with Gasteiger partial charge in [0.15, 0.2) is 18.2 Å². The van der Waals surface area contributed by atoms with Gasteiger partial charge in [0, 0.05) is 35.2 Å². The van der Waals surface area contributed by atoms with Crippen LogP contribution in [0.3, 0.4) is 0 Å². The lowest BCUT2D eigenvalue weighted by molar-refractivity contribution is 0.102. The number of H-pyrrole nitrogens is 1. The van der Waals surface area contributed by atoms with Crippen molar-refractivity contribution < 1.29 is 9.53 Å². The summed E-state index contributed by atoms with van der Waals surface area (Å²) in [6.45, 7) is 2.07. The minimum absolute atomic E-state index is 0.170. The van der Waals surface area contributed by atoms with Gasteiger partial charge < -0.3 is 10.1 Å². The molecule has 4 aromatic rings. The van der Waals surface area contributed by atoms with Gasteiger partial charge in [0.2, 0.25) is 0 Å². The zero-order valence-corrected chi connectivity index (χ0v) is 16.2. The van der Waals surface area contributed by atoms with Gasteiger partial charge in [-0.3, -0.25) is 14.9 Å². The van der Waals surface area contributed by atoms with Crippen LogP contribution in [0.2, 0.25) is 5.02 Å². The number of halogens is 1. The summed E-state index contributed by atoms with van der Waals surface area (Å²) in [5.74, 6) is 0.719. The summed E-state index contributed by atoms with van der Waals surface area (Å²) < 4.78 is 7.21. The second-order valence-electron chi connectivity index (χ2n) is 6.28. The van der Waals surface area contributed by atoms with E-state index in [1.165, 1.54) is 4.68 Å². The highest BCUT2D eigenvalue weighted by atomic mass is 35.5. The van der Waals surface area contributed by atoms with E-state index in [4.69, 9.17) is 16.3 Å². The maximum Gasteiger partial charge on any atom is 0.277 e. The van der Waals surface area contributed by atoms with Crippen molar-refractivity contribution >= 4 is 23.3 Å². The van der Waals surface area contributed by atoms with E-state index in [0.29, 0.717) is 16.6 Å². The fourth-order valence-electron chi connectivity index (χ4n) is 2.65. The molecule has 2 N–H and O–H groups in total. The average molecular weight is 409 g/mol. The fraction of sp³-hybridized carbons (Fsp3) is 0.100. The molecule has 1 aromatic carbocycles. The first-order valence-electron chi connectivity index (χ1n) is 8.78. The fourth-order valence-corrected chi connectivity index (χ4v) is 2.77. The van der Waals surface area contributed by atoms with Crippen molar-refractivity contribution in [3.05, 3.63) is 77.3 Å². The van der Waals surface area contributed by atoms with Crippen molar-refractivity contribution in [3.8, 4) is 17.0 Å². The SMILES string of the molecule is Cc1cc(OCn2ccc(C(=O)Nc3cc(-c4ccncc4)[nH]n3)n2)ccc1Cl. The molecule has 0 saturated heterocycles. The predicted molar refractivity (Wildman–Crippen MR) is 109 cm³/mol. The Morgan fingerprint density at radius 1 is 1.21 bits per heavy atom. The third kappa shape index (κ3) is 4.44. The normalized spacial score (nSPS) is 10.7. The maximum atomic E-state index is 12.4. The van der Waals surface area contributed by atoms with E-state index in [1.807, 2.05) is 25.1 Å². The molecule has 0 bridgehead atoms. The second kappa shape index (κ2) is 8.15. The molecule has 0 fully saturated rings. The number of carbonyl (C=O) groups is 1. The number of amides is 1. The number of nitrogens with one attached hydrogen (secondary N) is 2. The third-order valence-corrected chi connectivity index (χ3v) is 4.60. The summed E-state index contributed by atoms with van der Waals surface area (Å²) >= 11 is 6.01. The van der Waals surface area contributed by atoms with Gasteiger partial charge in [0.25, 0.3) is 5.91 Å². The number of pyridine rings is 1. The first-order valence-corrected chi connectivity index (χ1v) is 9.16. The minimum Gasteiger partial charge on any atom is -0.471 e. The summed E-state index contributed by atoms with van der Waals surface area (Å²) in [4.78, 5) is 16.4. The molecule has 9 heteroatoms. The Kier molecular flexibility index (Phi) is 5.26. The van der Waals surface area contributed by atoms with Crippen LogP contribution in [0.15, 0.2) is 61.1 Å². The van der Waals surface area contributed by atoms with Gasteiger partial charge in [-0.1, -0.05) is 11.6 Å². The Labute approximate surface area is 171 Å². The zero-order valence-electron chi connectivity index (χ0n) is 15.5. The van der Waals surface area contributed by atoms with Crippen molar-refractivity contribution in [2.45, 2.75) is 13.7 Å². The molecule has 0 unspecified atom stereocenters. The lowest BCUT2D eigenvalue weighted by Gasteiger charge is -2.07. The Hall–Kier alpha value is -3.65. The number of rotatable bonds is 6. The Morgan fingerprint density at radius 2 is 2.03 bits per heavy atom. The van der Waals surface area contributed by atoms with E-state index in [9.17, 15) is 4.79 Å². The highest BCUT2D eigenvalue weighted by Crippen LogP contribution is 2.21. The van der Waals surface area contributed by atoms with Crippen LogP contribution in [-0.2, 0) is 6.73 Å². The van der Waals surface area contributed by atoms with Gasteiger partial charge in [-0.2, -0.15) is 10.2 Å². The first-order chi connectivity index (χ1) is 14.1. The summed E-state index contributed by atoms with van der Waals surface area (Å²) in [5.41, 5.74) is 2.89. The molecule has 0 aliphatic heterocycles. The lowest BCUT2D eigenvalue weighted by atomic mass is 10.2. The summed E-state index contributed by atoms with van der Waals surface area (Å²) in [6.07, 6.45) is 5.05. The predicted octanol–water partition coefficient (Wildman–Crippen LogP) is 3.92. The van der Waals surface area contributed by atoms with Crippen LogP contribution in [0.25, 0.3) is 11.3 Å². The standard InChI is InChI=1S/C20H17ClN6O2/c1-13-10-15(2-3-16(13)21)29-12-27-9-6-17(26-27)20(28)23-19-11-18(24-25-19)14-4-7-22-8-5-14/h2-11H,12H2,1H3,(H2,23,24,25,28). The van der Waals surface area contributed by atoms with E-state index in [0.717, 1.165) is 16.8 Å². The van der Waals surface area contributed by atoms with Gasteiger partial charge in [0.05, 0.1) is 5.69 Å². The minimum atomic E-state index is -0.362. The van der Waals surface area contributed by atoms with Gasteiger partial charge in [-0.25, -0.2) is 4.68 Å². The molecule has 0 radical (unpaired) electrons. The molecule has 146 valence electrons. The Bertz CT molecular complexity index is 1140. The number of hydrogen-bond donors (Lipinski definition) is 2. The van der Waals surface area contributed by atoms with Gasteiger partial charge in [-0.15, -0.1) is 0 Å². The first kappa shape index (κ1) is 18.7. The van der Waals surface area contributed by atoms with E-state index in [-0.39, 0.29) is 18.3 Å². The molecule has 0 aliphatic carbocycles. The number of nitrogens with zero attached hydrogens (tertiary/aromatic N) is 4. The van der Waals surface area contributed by atoms with Crippen molar-refractivity contribution in [3.63, 3.8) is 0 Å². The molecule has 3 heterocycles. The van der Waals surface area contributed by atoms with Gasteiger partial charge >= 0.3 is 0 Å². The molecule has 0 atom stereocenters. The van der Waals surface area contributed by atoms with Crippen LogP contribution in [0.4, 0.5) is 5.82 Å². The molecule has 4 rings (SSSR count). The molecule has 0 saturated carbocycles. The molecule has 0 spiro atoms. The number of aryl methyl sites for hydroxylation is 1. The highest BCUT2D eigenvalue weighted by Gasteiger charge is 2.12. The molecule has 29 heavy (non-hydrogen) atoms. The number of aromatic nitrogens is 5. The lowest BCUT2D eigenvalue weighted by Crippen LogP contribution is -2.14. The molecular formula is C20H17ClN6O2. The van der Waals surface area contributed by atoms with Crippen LogP contribution in [0.5, 0.6) is 5.75 Å².